The number of amides is 3. The van der Waals surface area contributed by atoms with Gasteiger partial charge in [-0.1, -0.05) is 18.2 Å². The Morgan fingerprint density at radius 3 is 2.09 bits per heavy atom. The van der Waals surface area contributed by atoms with Gasteiger partial charge in [0.05, 0.1) is 18.2 Å². The van der Waals surface area contributed by atoms with Crippen LogP contribution in [0.1, 0.15) is 26.3 Å². The summed E-state index contributed by atoms with van der Waals surface area (Å²) in [5.41, 5.74) is 7.73. The number of aromatic nitrogens is 1. The lowest BCUT2D eigenvalue weighted by Crippen LogP contribution is -2.60. The third kappa shape index (κ3) is 6.76. The maximum Gasteiger partial charge on any atom is 0.328 e. The molecule has 0 fully saturated rings. The Balaban J connectivity index is 2.00. The second-order valence-electron chi connectivity index (χ2n) is 8.19. The number of carboxylic acid groups (broad SMARTS) is 1. The normalized spacial score (nSPS) is 16.5. The molecule has 0 bridgehead atoms. The molecule has 186 valence electrons. The van der Waals surface area contributed by atoms with Crippen molar-refractivity contribution in [3.63, 3.8) is 0 Å². The number of hydrogen-bond acceptors (Lipinski definition) is 7. The Bertz CT molecular complexity index is 1040. The lowest BCUT2D eigenvalue weighted by molar-refractivity contribution is -0.145. The summed E-state index contributed by atoms with van der Waals surface area (Å²) in [6.45, 7) is 3.77. The van der Waals surface area contributed by atoms with Gasteiger partial charge in [0, 0.05) is 17.1 Å². The zero-order valence-electron chi connectivity index (χ0n) is 19.1. The van der Waals surface area contributed by atoms with Crippen molar-refractivity contribution in [1.82, 2.24) is 20.9 Å². The molecule has 2 aromatic rings. The molecule has 34 heavy (non-hydrogen) atoms. The van der Waals surface area contributed by atoms with Gasteiger partial charge in [0.2, 0.25) is 17.7 Å². The van der Waals surface area contributed by atoms with Crippen molar-refractivity contribution in [2.75, 3.05) is 0 Å². The molecular weight excluding hydrogens is 446 g/mol. The number of benzene rings is 1. The van der Waals surface area contributed by atoms with Gasteiger partial charge in [-0.2, -0.15) is 0 Å². The Hall–Kier alpha value is -3.48. The van der Waals surface area contributed by atoms with E-state index in [1.54, 1.807) is 6.20 Å². The van der Waals surface area contributed by atoms with E-state index in [9.17, 15) is 29.4 Å². The predicted molar refractivity (Wildman–Crippen MR) is 122 cm³/mol. The Labute approximate surface area is 195 Å². The number of nitrogens with one attached hydrogen (secondary N) is 4. The molecule has 6 unspecified atom stereocenters. The van der Waals surface area contributed by atoms with E-state index in [1.165, 1.54) is 20.8 Å². The third-order valence-electron chi connectivity index (χ3n) is 5.31. The number of carbonyl (C=O) groups is 4. The number of aliphatic hydroxyl groups is 2. The molecular formula is C22H31N5O7. The van der Waals surface area contributed by atoms with Crippen LogP contribution in [-0.4, -0.2) is 80.4 Å². The van der Waals surface area contributed by atoms with Crippen molar-refractivity contribution < 1.29 is 34.5 Å². The first-order valence-corrected chi connectivity index (χ1v) is 10.7. The van der Waals surface area contributed by atoms with Gasteiger partial charge in [0.1, 0.15) is 12.1 Å². The molecule has 1 heterocycles. The van der Waals surface area contributed by atoms with Crippen LogP contribution in [0.2, 0.25) is 0 Å². The van der Waals surface area contributed by atoms with E-state index >= 15 is 0 Å². The minimum Gasteiger partial charge on any atom is -0.480 e. The van der Waals surface area contributed by atoms with E-state index in [0.29, 0.717) is 0 Å². The van der Waals surface area contributed by atoms with Crippen molar-refractivity contribution in [2.45, 2.75) is 63.6 Å². The van der Waals surface area contributed by atoms with Crippen LogP contribution in [0.4, 0.5) is 0 Å². The van der Waals surface area contributed by atoms with Crippen molar-refractivity contribution in [3.05, 3.63) is 36.0 Å². The van der Waals surface area contributed by atoms with Crippen LogP contribution < -0.4 is 21.7 Å². The average Bonchev–Trinajstić information content (AvgIpc) is 3.17. The number of fused-ring (bicyclic) bond motifs is 1. The first-order valence-electron chi connectivity index (χ1n) is 10.7. The number of aliphatic carboxylic acids is 1. The number of rotatable bonds is 11. The van der Waals surface area contributed by atoms with Crippen molar-refractivity contribution >= 4 is 34.6 Å². The Morgan fingerprint density at radius 2 is 1.50 bits per heavy atom. The van der Waals surface area contributed by atoms with E-state index in [2.05, 4.69) is 20.9 Å². The van der Waals surface area contributed by atoms with Gasteiger partial charge < -0.3 is 42.0 Å². The molecule has 1 aromatic heterocycles. The molecule has 0 aliphatic carbocycles. The van der Waals surface area contributed by atoms with Crippen molar-refractivity contribution in [2.24, 2.45) is 5.73 Å². The van der Waals surface area contributed by atoms with E-state index < -0.39 is 60.1 Å². The highest BCUT2D eigenvalue weighted by Crippen LogP contribution is 2.18. The van der Waals surface area contributed by atoms with E-state index in [-0.39, 0.29) is 6.42 Å². The number of carbonyl (C=O) groups excluding carboxylic acids is 3. The molecule has 12 nitrogen and oxygen atoms in total. The summed E-state index contributed by atoms with van der Waals surface area (Å²) in [6.07, 6.45) is -0.760. The minimum absolute atomic E-state index is 0.179. The van der Waals surface area contributed by atoms with Gasteiger partial charge in [0.25, 0.3) is 0 Å². The summed E-state index contributed by atoms with van der Waals surface area (Å²) in [7, 11) is 0. The molecule has 6 atom stereocenters. The second kappa shape index (κ2) is 11.6. The van der Waals surface area contributed by atoms with Gasteiger partial charge in [-0.05, 0) is 38.8 Å². The fourth-order valence-corrected chi connectivity index (χ4v) is 3.33. The number of aliphatic hydroxyl groups excluding tert-OH is 2. The second-order valence-corrected chi connectivity index (χ2v) is 8.19. The zero-order valence-corrected chi connectivity index (χ0v) is 19.1. The van der Waals surface area contributed by atoms with Gasteiger partial charge in [-0.15, -0.1) is 0 Å². The highest BCUT2D eigenvalue weighted by Gasteiger charge is 2.32. The Kier molecular flexibility index (Phi) is 9.12. The first kappa shape index (κ1) is 26.8. The average molecular weight is 478 g/mol. The summed E-state index contributed by atoms with van der Waals surface area (Å²) in [6, 6.07) is 2.28. The van der Waals surface area contributed by atoms with Crippen LogP contribution in [0.15, 0.2) is 30.5 Å². The molecule has 0 saturated heterocycles. The lowest BCUT2D eigenvalue weighted by atomic mass is 10.0. The third-order valence-corrected chi connectivity index (χ3v) is 5.31. The standard InChI is InChI=1S/C22H31N5O7/c1-10(19(30)27-18(12(3)29)22(33)34)25-21(32)17(11(2)28)26-20(31)15(23)8-13-9-24-16-7-5-4-6-14(13)16/h4-7,9-12,15,17-18,24,28-29H,8,23H2,1-3H3,(H,25,32)(H,26,31)(H,27,30)(H,33,34). The zero-order chi connectivity index (χ0) is 25.6. The molecule has 3 amide bonds. The van der Waals surface area contributed by atoms with Gasteiger partial charge in [0.15, 0.2) is 6.04 Å². The molecule has 0 spiro atoms. The first-order chi connectivity index (χ1) is 15.9. The van der Waals surface area contributed by atoms with E-state index in [0.717, 1.165) is 16.5 Å². The summed E-state index contributed by atoms with van der Waals surface area (Å²) >= 11 is 0. The van der Waals surface area contributed by atoms with Gasteiger partial charge in [-0.3, -0.25) is 14.4 Å². The fourth-order valence-electron chi connectivity index (χ4n) is 3.33. The summed E-state index contributed by atoms with van der Waals surface area (Å²) in [5.74, 6) is -3.86. The maximum atomic E-state index is 12.6. The quantitative estimate of drug-likeness (QED) is 0.188. The largest absolute Gasteiger partial charge is 0.480 e. The number of H-pyrrole nitrogens is 1. The van der Waals surface area contributed by atoms with E-state index in [4.69, 9.17) is 10.8 Å². The lowest BCUT2D eigenvalue weighted by Gasteiger charge is -2.25. The SMILES string of the molecule is CC(NC(=O)C(NC(=O)C(N)Cc1c[nH]c2ccccc12)C(C)O)C(=O)NC(C(=O)O)C(C)O. The molecule has 0 aliphatic heterocycles. The number of hydrogen-bond donors (Lipinski definition) is 8. The number of para-hydroxylation sites is 1. The van der Waals surface area contributed by atoms with Crippen molar-refractivity contribution in [1.29, 1.82) is 0 Å². The van der Waals surface area contributed by atoms with Crippen LogP contribution in [0.3, 0.4) is 0 Å². The summed E-state index contributed by atoms with van der Waals surface area (Å²) in [5, 5.41) is 36.3. The molecule has 1 aromatic carbocycles. The summed E-state index contributed by atoms with van der Waals surface area (Å²) in [4.78, 5) is 51.7. The van der Waals surface area contributed by atoms with Gasteiger partial charge in [-0.25, -0.2) is 4.79 Å². The Morgan fingerprint density at radius 1 is 0.912 bits per heavy atom. The van der Waals surface area contributed by atoms with Crippen molar-refractivity contribution in [3.8, 4) is 0 Å². The maximum absolute atomic E-state index is 12.6. The predicted octanol–water partition coefficient (Wildman–Crippen LogP) is -1.64. The van der Waals surface area contributed by atoms with Crippen LogP contribution in [0.5, 0.6) is 0 Å². The molecule has 12 heteroatoms. The topological polar surface area (TPSA) is 207 Å². The molecule has 0 aliphatic rings. The van der Waals surface area contributed by atoms with Crippen LogP contribution >= 0.6 is 0 Å². The van der Waals surface area contributed by atoms with Crippen LogP contribution in [0, 0.1) is 0 Å². The van der Waals surface area contributed by atoms with Gasteiger partial charge >= 0.3 is 5.97 Å². The highest BCUT2D eigenvalue weighted by molar-refractivity contribution is 5.94. The smallest absolute Gasteiger partial charge is 0.328 e. The number of carboxylic acids is 1. The van der Waals surface area contributed by atoms with E-state index in [1.807, 2.05) is 24.3 Å². The fraction of sp³-hybridized carbons (Fsp3) is 0.455. The minimum atomic E-state index is -1.57. The van der Waals surface area contributed by atoms with Crippen LogP contribution in [-0.2, 0) is 25.6 Å². The number of nitrogens with two attached hydrogens (primary N) is 1. The summed E-state index contributed by atoms with van der Waals surface area (Å²) < 4.78 is 0. The van der Waals surface area contributed by atoms with Crippen LogP contribution in [0.25, 0.3) is 10.9 Å². The molecule has 2 rings (SSSR count). The molecule has 9 N–H and O–H groups in total. The molecule has 0 saturated carbocycles. The number of aromatic amines is 1. The molecule has 0 radical (unpaired) electrons. The monoisotopic (exact) mass is 477 g/mol. The highest BCUT2D eigenvalue weighted by atomic mass is 16.4.